The Morgan fingerprint density at radius 2 is 1.88 bits per heavy atom. The predicted molar refractivity (Wildman–Crippen MR) is 95.8 cm³/mol. The molecule has 1 aliphatic rings. The molecule has 0 radical (unpaired) electrons. The number of ketones is 1. The lowest BCUT2D eigenvalue weighted by Crippen LogP contribution is -2.34. The van der Waals surface area contributed by atoms with Crippen molar-refractivity contribution >= 4 is 34.9 Å². The van der Waals surface area contributed by atoms with E-state index in [0.717, 1.165) is 6.42 Å². The Hall–Kier alpha value is -2.66. The van der Waals surface area contributed by atoms with E-state index in [0.29, 0.717) is 34.8 Å². The van der Waals surface area contributed by atoms with Crippen molar-refractivity contribution in [2.24, 2.45) is 0 Å². The third kappa shape index (κ3) is 4.06. The molecular formula is C19H17ClN2O3. The Labute approximate surface area is 150 Å². The van der Waals surface area contributed by atoms with Crippen LogP contribution in [0.1, 0.15) is 28.8 Å². The van der Waals surface area contributed by atoms with Crippen molar-refractivity contribution in [3.05, 3.63) is 64.7 Å². The van der Waals surface area contributed by atoms with Crippen LogP contribution < -0.4 is 5.32 Å². The van der Waals surface area contributed by atoms with Gasteiger partial charge in [-0.3, -0.25) is 14.4 Å². The number of nitrogens with one attached hydrogen (secondary N) is 1. The highest BCUT2D eigenvalue weighted by Gasteiger charge is 2.23. The summed E-state index contributed by atoms with van der Waals surface area (Å²) >= 11 is 6.02. The molecule has 0 aromatic heterocycles. The lowest BCUT2D eigenvalue weighted by Gasteiger charge is -2.16. The molecule has 3 rings (SSSR count). The number of benzene rings is 2. The fraction of sp³-hybridized carbons (Fsp3) is 0.211. The van der Waals surface area contributed by atoms with Crippen molar-refractivity contribution < 1.29 is 14.4 Å². The van der Waals surface area contributed by atoms with Gasteiger partial charge in [0.1, 0.15) is 0 Å². The van der Waals surface area contributed by atoms with E-state index in [4.69, 9.17) is 11.6 Å². The first-order valence-corrected chi connectivity index (χ1v) is 8.39. The van der Waals surface area contributed by atoms with E-state index in [-0.39, 0.29) is 24.1 Å². The van der Waals surface area contributed by atoms with Gasteiger partial charge in [0.15, 0.2) is 5.78 Å². The van der Waals surface area contributed by atoms with Gasteiger partial charge in [-0.1, -0.05) is 41.9 Å². The quantitative estimate of drug-likeness (QED) is 0.837. The minimum absolute atomic E-state index is 0.0135. The van der Waals surface area contributed by atoms with Gasteiger partial charge in [-0.05, 0) is 24.6 Å². The van der Waals surface area contributed by atoms with Crippen LogP contribution in [0.4, 0.5) is 5.69 Å². The second-order valence-electron chi connectivity index (χ2n) is 5.85. The van der Waals surface area contributed by atoms with Crippen LogP contribution in [0.3, 0.4) is 0 Å². The fourth-order valence-corrected chi connectivity index (χ4v) is 2.96. The summed E-state index contributed by atoms with van der Waals surface area (Å²) in [4.78, 5) is 38.1. The number of nitrogens with zero attached hydrogens (tertiary/aromatic N) is 1. The Morgan fingerprint density at radius 1 is 1.12 bits per heavy atom. The number of hydrogen-bond acceptors (Lipinski definition) is 3. The molecule has 1 fully saturated rings. The second-order valence-corrected chi connectivity index (χ2v) is 6.29. The number of hydrogen-bond donors (Lipinski definition) is 1. The van der Waals surface area contributed by atoms with E-state index in [2.05, 4.69) is 5.32 Å². The molecule has 1 saturated heterocycles. The molecule has 2 aromatic rings. The monoisotopic (exact) mass is 356 g/mol. The zero-order valence-corrected chi connectivity index (χ0v) is 14.3. The van der Waals surface area contributed by atoms with Crippen LogP contribution in [0.15, 0.2) is 48.5 Å². The highest BCUT2D eigenvalue weighted by molar-refractivity contribution is 6.31. The van der Waals surface area contributed by atoms with Crippen molar-refractivity contribution in [2.45, 2.75) is 12.8 Å². The minimum Gasteiger partial charge on any atom is -0.333 e. The zero-order valence-electron chi connectivity index (χ0n) is 13.5. The van der Waals surface area contributed by atoms with Gasteiger partial charge >= 0.3 is 0 Å². The predicted octanol–water partition coefficient (Wildman–Crippen LogP) is 3.13. The van der Waals surface area contributed by atoms with Crippen molar-refractivity contribution in [1.82, 2.24) is 4.90 Å². The molecule has 1 N–H and O–H groups in total. The Bertz CT molecular complexity index is 821. The number of anilines is 1. The van der Waals surface area contributed by atoms with Gasteiger partial charge in [0.05, 0.1) is 12.2 Å². The maximum Gasteiger partial charge on any atom is 0.244 e. The van der Waals surface area contributed by atoms with Crippen LogP contribution in [0.25, 0.3) is 0 Å². The highest BCUT2D eigenvalue weighted by atomic mass is 35.5. The summed E-state index contributed by atoms with van der Waals surface area (Å²) in [5.41, 5.74) is 1.21. The molecule has 0 bridgehead atoms. The van der Waals surface area contributed by atoms with Crippen molar-refractivity contribution in [2.75, 3.05) is 18.4 Å². The van der Waals surface area contributed by atoms with Crippen LogP contribution in [-0.2, 0) is 9.59 Å². The standard InChI is InChI=1S/C19H17ClN2O3/c20-14-8-9-16(21-17(23)12-22-10-4-7-18(22)24)15(11-14)19(25)13-5-2-1-3-6-13/h1-3,5-6,8-9,11H,4,7,10,12H2,(H,21,23). The van der Waals surface area contributed by atoms with Crippen molar-refractivity contribution in [1.29, 1.82) is 0 Å². The van der Waals surface area contributed by atoms with Crippen LogP contribution in [0.5, 0.6) is 0 Å². The van der Waals surface area contributed by atoms with Gasteiger partial charge in [-0.25, -0.2) is 0 Å². The van der Waals surface area contributed by atoms with Gasteiger partial charge in [0, 0.05) is 29.1 Å². The summed E-state index contributed by atoms with van der Waals surface area (Å²) in [5, 5.41) is 3.13. The van der Waals surface area contributed by atoms with Crippen LogP contribution >= 0.6 is 11.6 Å². The smallest absolute Gasteiger partial charge is 0.244 e. The normalized spacial score (nSPS) is 13.8. The lowest BCUT2D eigenvalue weighted by atomic mass is 10.0. The largest absolute Gasteiger partial charge is 0.333 e. The minimum atomic E-state index is -0.334. The van der Waals surface area contributed by atoms with E-state index < -0.39 is 0 Å². The Balaban J connectivity index is 1.80. The van der Waals surface area contributed by atoms with E-state index in [1.54, 1.807) is 36.4 Å². The van der Waals surface area contributed by atoms with Crippen molar-refractivity contribution in [3.8, 4) is 0 Å². The average molecular weight is 357 g/mol. The highest BCUT2D eigenvalue weighted by Crippen LogP contribution is 2.24. The number of carbonyl (C=O) groups is 3. The summed E-state index contributed by atoms with van der Waals surface area (Å²) < 4.78 is 0. The number of rotatable bonds is 5. The van der Waals surface area contributed by atoms with E-state index in [1.165, 1.54) is 11.0 Å². The molecule has 0 aliphatic carbocycles. The molecule has 5 nitrogen and oxygen atoms in total. The molecule has 2 amide bonds. The molecule has 128 valence electrons. The Morgan fingerprint density at radius 3 is 2.56 bits per heavy atom. The van der Waals surface area contributed by atoms with Crippen LogP contribution in [-0.4, -0.2) is 35.6 Å². The maximum atomic E-state index is 12.7. The maximum absolute atomic E-state index is 12.7. The third-order valence-corrected chi connectivity index (χ3v) is 4.28. The molecule has 0 saturated carbocycles. The SMILES string of the molecule is O=C(CN1CCCC1=O)Nc1ccc(Cl)cc1C(=O)c1ccccc1. The lowest BCUT2D eigenvalue weighted by molar-refractivity contribution is -0.131. The molecule has 6 heteroatoms. The summed E-state index contributed by atoms with van der Waals surface area (Å²) in [6.07, 6.45) is 1.25. The zero-order chi connectivity index (χ0) is 17.8. The second kappa shape index (κ2) is 7.49. The molecule has 2 aromatic carbocycles. The average Bonchev–Trinajstić information content (AvgIpc) is 3.01. The van der Waals surface area contributed by atoms with Gasteiger partial charge in [-0.2, -0.15) is 0 Å². The number of carbonyl (C=O) groups excluding carboxylic acids is 3. The first kappa shape index (κ1) is 17.2. The molecule has 0 spiro atoms. The summed E-state index contributed by atoms with van der Waals surface area (Å²) in [6.45, 7) is 0.573. The molecule has 1 heterocycles. The van der Waals surface area contributed by atoms with E-state index in [9.17, 15) is 14.4 Å². The van der Waals surface area contributed by atoms with Gasteiger partial charge in [0.25, 0.3) is 0 Å². The first-order chi connectivity index (χ1) is 12.0. The van der Waals surface area contributed by atoms with Crippen molar-refractivity contribution in [3.63, 3.8) is 0 Å². The third-order valence-electron chi connectivity index (χ3n) is 4.04. The van der Waals surface area contributed by atoms with E-state index >= 15 is 0 Å². The van der Waals surface area contributed by atoms with Gasteiger partial charge in [-0.15, -0.1) is 0 Å². The molecule has 0 unspecified atom stereocenters. The summed E-state index contributed by atoms with van der Waals surface area (Å²) in [5.74, 6) is -0.581. The number of likely N-dealkylation sites (tertiary alicyclic amines) is 1. The summed E-state index contributed by atoms with van der Waals surface area (Å²) in [6, 6.07) is 13.5. The van der Waals surface area contributed by atoms with E-state index in [1.807, 2.05) is 6.07 Å². The Kier molecular flexibility index (Phi) is 5.14. The molecule has 0 atom stereocenters. The number of halogens is 1. The topological polar surface area (TPSA) is 66.5 Å². The van der Waals surface area contributed by atoms with Gasteiger partial charge < -0.3 is 10.2 Å². The molecular weight excluding hydrogens is 340 g/mol. The van der Waals surface area contributed by atoms with Crippen LogP contribution in [0, 0.1) is 0 Å². The summed E-state index contributed by atoms with van der Waals surface area (Å²) in [7, 11) is 0. The first-order valence-electron chi connectivity index (χ1n) is 8.01. The van der Waals surface area contributed by atoms with Gasteiger partial charge in [0.2, 0.25) is 11.8 Å². The van der Waals surface area contributed by atoms with Crippen LogP contribution in [0.2, 0.25) is 5.02 Å². The number of amides is 2. The molecule has 1 aliphatic heterocycles. The fourth-order valence-electron chi connectivity index (χ4n) is 2.79. The molecule has 25 heavy (non-hydrogen) atoms.